The first-order valence-electron chi connectivity index (χ1n) is 7.16. The third-order valence-corrected chi connectivity index (χ3v) is 4.41. The lowest BCUT2D eigenvalue weighted by Crippen LogP contribution is -2.44. The molecule has 2 aliphatic heterocycles. The van der Waals surface area contributed by atoms with Crippen LogP contribution in [0.2, 0.25) is 0 Å². The Morgan fingerprint density at radius 1 is 1.22 bits per heavy atom. The Balaban J connectivity index is 1.68. The van der Waals surface area contributed by atoms with E-state index in [1.54, 1.807) is 0 Å². The molecule has 18 heavy (non-hydrogen) atoms. The molecule has 100 valence electrons. The average Bonchev–Trinajstić information content (AvgIpc) is 2.75. The topological polar surface area (TPSA) is 24.3 Å². The molecular formula is C14H24N4. The van der Waals surface area contributed by atoms with Gasteiger partial charge in [-0.1, -0.05) is 6.92 Å². The van der Waals surface area contributed by atoms with Crippen LogP contribution in [0, 0.1) is 5.92 Å². The van der Waals surface area contributed by atoms with Crippen LogP contribution in [0.1, 0.15) is 24.7 Å². The van der Waals surface area contributed by atoms with Gasteiger partial charge in [0.25, 0.3) is 0 Å². The number of rotatable bonds is 2. The predicted molar refractivity (Wildman–Crippen MR) is 72.5 cm³/mol. The minimum absolute atomic E-state index is 0.820. The van der Waals surface area contributed by atoms with Crippen LogP contribution in [0.4, 0.5) is 0 Å². The van der Waals surface area contributed by atoms with Gasteiger partial charge in [0.15, 0.2) is 0 Å². The summed E-state index contributed by atoms with van der Waals surface area (Å²) in [7, 11) is 2.21. The number of fused-ring (bicyclic) bond motifs is 1. The van der Waals surface area contributed by atoms with Crippen molar-refractivity contribution in [2.75, 3.05) is 33.2 Å². The fourth-order valence-electron chi connectivity index (χ4n) is 3.02. The van der Waals surface area contributed by atoms with Gasteiger partial charge in [-0.3, -0.25) is 4.90 Å². The Kier molecular flexibility index (Phi) is 3.39. The Hall–Kier alpha value is -0.870. The van der Waals surface area contributed by atoms with E-state index < -0.39 is 0 Å². The normalized spacial score (nSPS) is 26.2. The SMILES string of the molecule is CC1CCn2cnc(CN3CCN(C)CC3)c2C1. The van der Waals surface area contributed by atoms with Crippen LogP contribution in [0.5, 0.6) is 0 Å². The number of hydrogen-bond acceptors (Lipinski definition) is 3. The molecule has 0 bridgehead atoms. The van der Waals surface area contributed by atoms with Crippen LogP contribution >= 0.6 is 0 Å². The number of likely N-dealkylation sites (N-methyl/N-ethyl adjacent to an activating group) is 1. The summed E-state index contributed by atoms with van der Waals surface area (Å²) in [5, 5.41) is 0. The van der Waals surface area contributed by atoms with Crippen molar-refractivity contribution in [1.29, 1.82) is 0 Å². The molecule has 0 spiro atoms. The highest BCUT2D eigenvalue weighted by atomic mass is 15.2. The maximum absolute atomic E-state index is 4.65. The lowest BCUT2D eigenvalue weighted by Gasteiger charge is -2.32. The molecule has 0 aliphatic carbocycles. The molecule has 0 radical (unpaired) electrons. The van der Waals surface area contributed by atoms with E-state index in [0.717, 1.165) is 19.0 Å². The van der Waals surface area contributed by atoms with E-state index in [2.05, 4.69) is 33.3 Å². The molecule has 4 nitrogen and oxygen atoms in total. The molecule has 2 aliphatic rings. The Morgan fingerprint density at radius 2 is 2.00 bits per heavy atom. The standard InChI is InChI=1S/C14H24N4/c1-12-3-4-18-11-15-13(14(18)9-12)10-17-7-5-16(2)6-8-17/h11-12H,3-10H2,1-2H3. The predicted octanol–water partition coefficient (Wildman–Crippen LogP) is 1.21. The van der Waals surface area contributed by atoms with Gasteiger partial charge < -0.3 is 9.47 Å². The molecule has 4 heteroatoms. The van der Waals surface area contributed by atoms with Gasteiger partial charge >= 0.3 is 0 Å². The molecule has 1 saturated heterocycles. The molecule has 1 atom stereocenters. The van der Waals surface area contributed by atoms with Crippen molar-refractivity contribution in [2.24, 2.45) is 5.92 Å². The summed E-state index contributed by atoms with van der Waals surface area (Å²) in [6, 6.07) is 0. The number of hydrogen-bond donors (Lipinski definition) is 0. The van der Waals surface area contributed by atoms with Gasteiger partial charge in [-0.25, -0.2) is 4.98 Å². The minimum Gasteiger partial charge on any atom is -0.334 e. The minimum atomic E-state index is 0.820. The van der Waals surface area contributed by atoms with Crippen LogP contribution in [-0.4, -0.2) is 52.6 Å². The lowest BCUT2D eigenvalue weighted by molar-refractivity contribution is 0.146. The third-order valence-electron chi connectivity index (χ3n) is 4.41. The summed E-state index contributed by atoms with van der Waals surface area (Å²) in [4.78, 5) is 9.60. The van der Waals surface area contributed by atoms with Gasteiger partial charge in [-0.15, -0.1) is 0 Å². The number of aryl methyl sites for hydroxylation is 1. The van der Waals surface area contributed by atoms with Gasteiger partial charge in [0.05, 0.1) is 12.0 Å². The van der Waals surface area contributed by atoms with E-state index in [-0.39, 0.29) is 0 Å². The molecule has 0 N–H and O–H groups in total. The summed E-state index contributed by atoms with van der Waals surface area (Å²) in [5.41, 5.74) is 2.82. The first kappa shape index (κ1) is 12.2. The molecule has 0 saturated carbocycles. The average molecular weight is 248 g/mol. The monoisotopic (exact) mass is 248 g/mol. The van der Waals surface area contributed by atoms with Gasteiger partial charge in [0.2, 0.25) is 0 Å². The number of aromatic nitrogens is 2. The van der Waals surface area contributed by atoms with Crippen molar-refractivity contribution >= 4 is 0 Å². The van der Waals surface area contributed by atoms with Crippen LogP contribution in [0.15, 0.2) is 6.33 Å². The van der Waals surface area contributed by atoms with Crippen molar-refractivity contribution in [3.8, 4) is 0 Å². The van der Waals surface area contributed by atoms with E-state index in [4.69, 9.17) is 0 Å². The molecule has 1 aromatic rings. The van der Waals surface area contributed by atoms with Crippen molar-refractivity contribution in [1.82, 2.24) is 19.4 Å². The second-order valence-electron chi connectivity index (χ2n) is 6.01. The Morgan fingerprint density at radius 3 is 2.78 bits per heavy atom. The maximum Gasteiger partial charge on any atom is 0.0952 e. The van der Waals surface area contributed by atoms with E-state index in [1.807, 2.05) is 6.33 Å². The van der Waals surface area contributed by atoms with E-state index in [1.165, 1.54) is 50.4 Å². The Bertz CT molecular complexity index is 404. The second kappa shape index (κ2) is 5.02. The van der Waals surface area contributed by atoms with Crippen LogP contribution < -0.4 is 0 Å². The van der Waals surface area contributed by atoms with Gasteiger partial charge in [0, 0.05) is 45.0 Å². The molecule has 0 amide bonds. The maximum atomic E-state index is 4.65. The summed E-state index contributed by atoms with van der Waals surface area (Å²) in [6.45, 7) is 9.29. The second-order valence-corrected chi connectivity index (χ2v) is 6.01. The van der Waals surface area contributed by atoms with Gasteiger partial charge in [0.1, 0.15) is 0 Å². The van der Waals surface area contributed by atoms with E-state index in [0.29, 0.717) is 0 Å². The van der Waals surface area contributed by atoms with Crippen molar-refractivity contribution < 1.29 is 0 Å². The zero-order valence-corrected chi connectivity index (χ0v) is 11.6. The summed E-state index contributed by atoms with van der Waals surface area (Å²) >= 11 is 0. The van der Waals surface area contributed by atoms with Crippen molar-refractivity contribution in [3.05, 3.63) is 17.7 Å². The molecule has 1 aromatic heterocycles. The smallest absolute Gasteiger partial charge is 0.0952 e. The quantitative estimate of drug-likeness (QED) is 0.786. The highest BCUT2D eigenvalue weighted by molar-refractivity contribution is 5.15. The van der Waals surface area contributed by atoms with E-state index in [9.17, 15) is 0 Å². The van der Waals surface area contributed by atoms with Gasteiger partial charge in [-0.2, -0.15) is 0 Å². The first-order valence-corrected chi connectivity index (χ1v) is 7.16. The number of nitrogens with zero attached hydrogens (tertiary/aromatic N) is 4. The van der Waals surface area contributed by atoms with Crippen LogP contribution in [0.3, 0.4) is 0 Å². The first-order chi connectivity index (χ1) is 8.72. The van der Waals surface area contributed by atoms with Crippen molar-refractivity contribution in [3.63, 3.8) is 0 Å². The molecular weight excluding hydrogens is 224 g/mol. The van der Waals surface area contributed by atoms with Crippen LogP contribution in [-0.2, 0) is 19.5 Å². The van der Waals surface area contributed by atoms with Gasteiger partial charge in [-0.05, 0) is 25.8 Å². The van der Waals surface area contributed by atoms with Crippen LogP contribution in [0.25, 0.3) is 0 Å². The number of piperazine rings is 1. The zero-order valence-electron chi connectivity index (χ0n) is 11.6. The Labute approximate surface area is 110 Å². The third kappa shape index (κ3) is 2.45. The molecule has 1 fully saturated rings. The fourth-order valence-corrected chi connectivity index (χ4v) is 3.02. The lowest BCUT2D eigenvalue weighted by atomic mass is 9.97. The fraction of sp³-hybridized carbons (Fsp3) is 0.786. The largest absolute Gasteiger partial charge is 0.334 e. The van der Waals surface area contributed by atoms with Crippen molar-refractivity contribution in [2.45, 2.75) is 32.9 Å². The molecule has 3 heterocycles. The highest BCUT2D eigenvalue weighted by Crippen LogP contribution is 2.23. The summed E-state index contributed by atoms with van der Waals surface area (Å²) in [6.07, 6.45) is 4.56. The zero-order chi connectivity index (χ0) is 12.5. The molecule has 0 aromatic carbocycles. The van der Waals surface area contributed by atoms with E-state index >= 15 is 0 Å². The molecule has 1 unspecified atom stereocenters. The highest BCUT2D eigenvalue weighted by Gasteiger charge is 2.22. The summed E-state index contributed by atoms with van der Waals surface area (Å²) in [5.74, 6) is 0.820. The molecule has 3 rings (SSSR count). The number of imidazole rings is 1. The summed E-state index contributed by atoms with van der Waals surface area (Å²) < 4.78 is 2.37.